The number of hydrogen-bond acceptors (Lipinski definition) is 4. The molecular formula is C25H23ClN2O3S. The Kier molecular flexibility index (Phi) is 5.61. The minimum absolute atomic E-state index is 0.0716. The Morgan fingerprint density at radius 2 is 1.59 bits per heavy atom. The SMILES string of the molecule is CN1/C(=C\C(=O)c2ccc(S(=O)(=O)Nc3ccc(Cl)cc3)cc2)C(C)(C)c2ccccc21. The quantitative estimate of drug-likeness (QED) is 0.390. The Morgan fingerprint density at radius 3 is 2.22 bits per heavy atom. The van der Waals surface area contributed by atoms with Crippen LogP contribution in [0.3, 0.4) is 0 Å². The molecule has 0 aliphatic carbocycles. The van der Waals surface area contributed by atoms with Gasteiger partial charge in [0.1, 0.15) is 0 Å². The van der Waals surface area contributed by atoms with Crippen molar-refractivity contribution in [2.45, 2.75) is 24.2 Å². The zero-order valence-electron chi connectivity index (χ0n) is 18.0. The fourth-order valence-electron chi connectivity index (χ4n) is 4.00. The van der Waals surface area contributed by atoms with Crippen molar-refractivity contribution < 1.29 is 13.2 Å². The second-order valence-corrected chi connectivity index (χ2v) is 10.4. The van der Waals surface area contributed by atoms with Gasteiger partial charge in [-0.1, -0.05) is 43.6 Å². The average molecular weight is 467 g/mol. The molecule has 0 amide bonds. The van der Waals surface area contributed by atoms with E-state index >= 15 is 0 Å². The summed E-state index contributed by atoms with van der Waals surface area (Å²) in [4.78, 5) is 15.1. The topological polar surface area (TPSA) is 66.5 Å². The smallest absolute Gasteiger partial charge is 0.261 e. The van der Waals surface area contributed by atoms with Gasteiger partial charge in [-0.3, -0.25) is 9.52 Å². The molecule has 1 N–H and O–H groups in total. The van der Waals surface area contributed by atoms with Gasteiger partial charge >= 0.3 is 0 Å². The van der Waals surface area contributed by atoms with Gasteiger partial charge in [0.05, 0.1) is 4.90 Å². The van der Waals surface area contributed by atoms with Gasteiger partial charge in [0, 0.05) is 46.2 Å². The molecule has 1 aliphatic rings. The van der Waals surface area contributed by atoms with Crippen molar-refractivity contribution in [2.75, 3.05) is 16.7 Å². The van der Waals surface area contributed by atoms with E-state index in [9.17, 15) is 13.2 Å². The number of rotatable bonds is 5. The molecule has 4 rings (SSSR count). The summed E-state index contributed by atoms with van der Waals surface area (Å²) in [5, 5.41) is 0.518. The zero-order valence-corrected chi connectivity index (χ0v) is 19.5. The number of nitrogens with one attached hydrogen (secondary N) is 1. The summed E-state index contributed by atoms with van der Waals surface area (Å²) in [6.45, 7) is 4.18. The molecule has 0 aromatic heterocycles. The van der Waals surface area contributed by atoms with Gasteiger partial charge in [-0.2, -0.15) is 0 Å². The molecule has 32 heavy (non-hydrogen) atoms. The van der Waals surface area contributed by atoms with Crippen LogP contribution in [-0.4, -0.2) is 21.2 Å². The summed E-state index contributed by atoms with van der Waals surface area (Å²) >= 11 is 5.84. The van der Waals surface area contributed by atoms with Crippen molar-refractivity contribution in [3.05, 3.63) is 101 Å². The second-order valence-electron chi connectivity index (χ2n) is 8.23. The van der Waals surface area contributed by atoms with E-state index in [1.54, 1.807) is 30.3 Å². The van der Waals surface area contributed by atoms with Crippen molar-refractivity contribution in [1.29, 1.82) is 0 Å². The Bertz CT molecular complexity index is 1310. The molecule has 7 heteroatoms. The van der Waals surface area contributed by atoms with Crippen LogP contribution in [0, 0.1) is 0 Å². The number of hydrogen-bond donors (Lipinski definition) is 1. The molecule has 0 saturated carbocycles. The highest BCUT2D eigenvalue weighted by molar-refractivity contribution is 7.92. The first-order valence-corrected chi connectivity index (χ1v) is 11.9. The lowest BCUT2D eigenvalue weighted by Gasteiger charge is -2.24. The summed E-state index contributed by atoms with van der Waals surface area (Å²) in [5.41, 5.74) is 3.65. The molecule has 5 nitrogen and oxygen atoms in total. The molecule has 0 unspecified atom stereocenters. The van der Waals surface area contributed by atoms with E-state index in [4.69, 9.17) is 11.6 Å². The van der Waals surface area contributed by atoms with Crippen LogP contribution in [0.25, 0.3) is 0 Å². The largest absolute Gasteiger partial charge is 0.347 e. The first-order chi connectivity index (χ1) is 15.1. The molecule has 3 aromatic carbocycles. The lowest BCUT2D eigenvalue weighted by molar-refractivity contribution is 0.104. The van der Waals surface area contributed by atoms with E-state index in [0.717, 1.165) is 16.9 Å². The number of para-hydroxylation sites is 1. The number of sulfonamides is 1. The summed E-state index contributed by atoms with van der Waals surface area (Å²) in [5.74, 6) is -0.178. The minimum atomic E-state index is -3.78. The maximum absolute atomic E-state index is 13.0. The Morgan fingerprint density at radius 1 is 0.969 bits per heavy atom. The van der Waals surface area contributed by atoms with Crippen LogP contribution in [0.2, 0.25) is 5.02 Å². The van der Waals surface area contributed by atoms with Gasteiger partial charge in [-0.25, -0.2) is 8.42 Å². The number of ketones is 1. The van der Waals surface area contributed by atoms with E-state index in [0.29, 0.717) is 16.3 Å². The number of nitrogens with zero attached hydrogens (tertiary/aromatic N) is 1. The standard InChI is InChI=1S/C25H23ClN2O3S/c1-25(2)21-6-4-5-7-22(21)28(3)24(25)16-23(29)17-8-14-20(15-9-17)32(30,31)27-19-12-10-18(26)11-13-19/h4-16,27H,1-3H3/b24-16-. The van der Waals surface area contributed by atoms with Crippen molar-refractivity contribution >= 4 is 38.8 Å². The molecule has 1 aliphatic heterocycles. The molecule has 0 bridgehead atoms. The predicted molar refractivity (Wildman–Crippen MR) is 129 cm³/mol. The van der Waals surface area contributed by atoms with Crippen molar-refractivity contribution in [3.63, 3.8) is 0 Å². The van der Waals surface area contributed by atoms with Gasteiger partial charge < -0.3 is 4.90 Å². The molecule has 3 aromatic rings. The van der Waals surface area contributed by atoms with Crippen LogP contribution in [-0.2, 0) is 15.4 Å². The van der Waals surface area contributed by atoms with Gasteiger partial charge in [0.25, 0.3) is 10.0 Å². The van der Waals surface area contributed by atoms with E-state index in [2.05, 4.69) is 24.6 Å². The monoisotopic (exact) mass is 466 g/mol. The third-order valence-corrected chi connectivity index (χ3v) is 7.40. The average Bonchev–Trinajstić information content (AvgIpc) is 2.96. The minimum Gasteiger partial charge on any atom is -0.347 e. The second kappa shape index (κ2) is 8.11. The number of fused-ring (bicyclic) bond motifs is 1. The maximum atomic E-state index is 13.0. The fourth-order valence-corrected chi connectivity index (χ4v) is 5.18. The Hall–Kier alpha value is -3.09. The molecule has 0 saturated heterocycles. The van der Waals surface area contributed by atoms with Gasteiger partial charge in [0.2, 0.25) is 0 Å². The zero-order chi connectivity index (χ0) is 23.1. The van der Waals surface area contributed by atoms with Crippen molar-refractivity contribution in [2.24, 2.45) is 0 Å². The van der Waals surface area contributed by atoms with Gasteiger partial charge in [-0.05, 0) is 60.2 Å². The number of halogens is 1. The third-order valence-electron chi connectivity index (χ3n) is 5.75. The highest BCUT2D eigenvalue weighted by Gasteiger charge is 2.38. The van der Waals surface area contributed by atoms with Crippen molar-refractivity contribution in [1.82, 2.24) is 0 Å². The fraction of sp³-hybridized carbons (Fsp3) is 0.160. The molecule has 1 heterocycles. The van der Waals surface area contributed by atoms with Crippen LogP contribution in [0.4, 0.5) is 11.4 Å². The Labute approximate surface area is 193 Å². The number of allylic oxidation sites excluding steroid dienone is 2. The first kappa shape index (κ1) is 22.1. The lowest BCUT2D eigenvalue weighted by Crippen LogP contribution is -2.24. The molecule has 0 fully saturated rings. The van der Waals surface area contributed by atoms with E-state index in [1.807, 2.05) is 30.1 Å². The highest BCUT2D eigenvalue weighted by atomic mass is 35.5. The molecule has 164 valence electrons. The van der Waals surface area contributed by atoms with Crippen molar-refractivity contribution in [3.8, 4) is 0 Å². The first-order valence-electron chi connectivity index (χ1n) is 10.1. The van der Waals surface area contributed by atoms with Gasteiger partial charge in [0.15, 0.2) is 5.78 Å². The van der Waals surface area contributed by atoms with E-state index in [1.165, 1.54) is 24.3 Å². The highest BCUT2D eigenvalue weighted by Crippen LogP contribution is 2.46. The molecule has 0 atom stereocenters. The van der Waals surface area contributed by atoms with Crippen LogP contribution >= 0.6 is 11.6 Å². The normalized spacial score (nSPS) is 16.1. The summed E-state index contributed by atoms with van der Waals surface area (Å²) in [6.07, 6.45) is 1.63. The summed E-state index contributed by atoms with van der Waals surface area (Å²) in [6, 6.07) is 20.4. The van der Waals surface area contributed by atoms with Crippen LogP contribution in [0.5, 0.6) is 0 Å². The number of carbonyl (C=O) groups is 1. The lowest BCUT2D eigenvalue weighted by atomic mass is 9.83. The van der Waals surface area contributed by atoms with Crippen LogP contribution < -0.4 is 9.62 Å². The summed E-state index contributed by atoms with van der Waals surface area (Å²) < 4.78 is 27.8. The van der Waals surface area contributed by atoms with E-state index < -0.39 is 10.0 Å². The molecule has 0 radical (unpaired) electrons. The van der Waals surface area contributed by atoms with Crippen LogP contribution in [0.15, 0.2) is 89.5 Å². The number of anilines is 2. The number of benzene rings is 3. The molecular weight excluding hydrogens is 444 g/mol. The predicted octanol–water partition coefficient (Wildman–Crippen LogP) is 5.64. The number of likely N-dealkylation sites (N-methyl/N-ethyl adjacent to an activating group) is 1. The maximum Gasteiger partial charge on any atom is 0.261 e. The number of carbonyl (C=O) groups excluding carboxylic acids is 1. The summed E-state index contributed by atoms with van der Waals surface area (Å²) in [7, 11) is -1.83. The molecule has 0 spiro atoms. The third kappa shape index (κ3) is 4.04. The van der Waals surface area contributed by atoms with Crippen LogP contribution in [0.1, 0.15) is 29.8 Å². The Balaban J connectivity index is 1.57. The van der Waals surface area contributed by atoms with E-state index in [-0.39, 0.29) is 16.1 Å². The van der Waals surface area contributed by atoms with Gasteiger partial charge in [-0.15, -0.1) is 0 Å².